The molecule has 3 aromatic rings. The van der Waals surface area contributed by atoms with E-state index in [0.29, 0.717) is 0 Å². The minimum absolute atomic E-state index is 0.129. The molecule has 0 radical (unpaired) electrons. The number of imidazole rings is 1. The maximum Gasteiger partial charge on any atom is 0.156 e. The van der Waals surface area contributed by atoms with Crippen LogP contribution in [0.25, 0.3) is 11.5 Å². The summed E-state index contributed by atoms with van der Waals surface area (Å²) in [4.78, 5) is 28.2. The van der Waals surface area contributed by atoms with Crippen LogP contribution < -0.4 is 4.90 Å². The van der Waals surface area contributed by atoms with Gasteiger partial charge in [0.25, 0.3) is 0 Å². The summed E-state index contributed by atoms with van der Waals surface area (Å²) in [5.41, 5.74) is 2.80. The van der Waals surface area contributed by atoms with Crippen LogP contribution in [0.4, 0.5) is 5.82 Å². The van der Waals surface area contributed by atoms with E-state index in [1.54, 1.807) is 6.20 Å². The second-order valence-corrected chi connectivity index (χ2v) is 6.48. The van der Waals surface area contributed by atoms with Crippen molar-refractivity contribution in [2.75, 3.05) is 11.4 Å². The van der Waals surface area contributed by atoms with Gasteiger partial charge in [-0.15, -0.1) is 0 Å². The topological polar surface area (TPSA) is 83.5 Å². The average molecular weight is 335 g/mol. The SMILES string of the molecule is Cc1cc(-c2ncc(C)[nH]2)nc([C@@H]2CCCN2c2ccnc(C)n2)n1. The van der Waals surface area contributed by atoms with Crippen LogP contribution in [0, 0.1) is 20.8 Å². The van der Waals surface area contributed by atoms with Crippen LogP contribution in [-0.4, -0.2) is 36.4 Å². The number of anilines is 1. The zero-order chi connectivity index (χ0) is 17.4. The van der Waals surface area contributed by atoms with Crippen LogP contribution in [-0.2, 0) is 0 Å². The molecular weight excluding hydrogens is 314 g/mol. The molecule has 1 aliphatic rings. The molecule has 7 heteroatoms. The fraction of sp³-hybridized carbons (Fsp3) is 0.389. The Morgan fingerprint density at radius 3 is 2.76 bits per heavy atom. The second kappa shape index (κ2) is 6.23. The molecule has 0 spiro atoms. The van der Waals surface area contributed by atoms with E-state index in [1.807, 2.05) is 39.1 Å². The maximum atomic E-state index is 4.81. The van der Waals surface area contributed by atoms with Gasteiger partial charge in [0, 0.05) is 30.3 Å². The van der Waals surface area contributed by atoms with Crippen molar-refractivity contribution < 1.29 is 0 Å². The summed E-state index contributed by atoms with van der Waals surface area (Å²) >= 11 is 0. The molecule has 25 heavy (non-hydrogen) atoms. The molecule has 128 valence electrons. The molecule has 0 aromatic carbocycles. The van der Waals surface area contributed by atoms with Gasteiger partial charge in [-0.2, -0.15) is 0 Å². The summed E-state index contributed by atoms with van der Waals surface area (Å²) in [5.74, 6) is 3.33. The van der Waals surface area contributed by atoms with E-state index in [-0.39, 0.29) is 6.04 Å². The lowest BCUT2D eigenvalue weighted by atomic mass is 10.2. The Labute approximate surface area is 146 Å². The molecule has 0 aliphatic carbocycles. The minimum Gasteiger partial charge on any atom is -0.346 e. The van der Waals surface area contributed by atoms with Crippen LogP contribution in [0.5, 0.6) is 0 Å². The normalized spacial score (nSPS) is 17.2. The van der Waals surface area contributed by atoms with Crippen LogP contribution in [0.15, 0.2) is 24.5 Å². The van der Waals surface area contributed by atoms with Crippen molar-refractivity contribution >= 4 is 5.82 Å². The van der Waals surface area contributed by atoms with E-state index in [4.69, 9.17) is 9.97 Å². The van der Waals surface area contributed by atoms with Crippen molar-refractivity contribution in [2.24, 2.45) is 0 Å². The molecule has 0 saturated carbocycles. The van der Waals surface area contributed by atoms with Gasteiger partial charge in [-0.25, -0.2) is 24.9 Å². The highest BCUT2D eigenvalue weighted by molar-refractivity contribution is 5.51. The fourth-order valence-corrected chi connectivity index (χ4v) is 3.32. The molecule has 1 aliphatic heterocycles. The Bertz CT molecular complexity index is 902. The number of H-pyrrole nitrogens is 1. The number of nitrogens with zero attached hydrogens (tertiary/aromatic N) is 6. The Hall–Kier alpha value is -2.83. The summed E-state index contributed by atoms with van der Waals surface area (Å²) < 4.78 is 0. The summed E-state index contributed by atoms with van der Waals surface area (Å²) in [5, 5.41) is 0. The molecule has 0 bridgehead atoms. The highest BCUT2D eigenvalue weighted by Crippen LogP contribution is 2.34. The van der Waals surface area contributed by atoms with Gasteiger partial charge < -0.3 is 9.88 Å². The third kappa shape index (κ3) is 3.09. The summed E-state index contributed by atoms with van der Waals surface area (Å²) in [6.07, 6.45) is 5.74. The van der Waals surface area contributed by atoms with Crippen LogP contribution >= 0.6 is 0 Å². The van der Waals surface area contributed by atoms with Gasteiger partial charge in [-0.1, -0.05) is 0 Å². The summed E-state index contributed by atoms with van der Waals surface area (Å²) in [6.45, 7) is 6.85. The Balaban J connectivity index is 1.72. The lowest BCUT2D eigenvalue weighted by Crippen LogP contribution is -2.25. The third-order valence-electron chi connectivity index (χ3n) is 4.42. The van der Waals surface area contributed by atoms with Crippen LogP contribution in [0.2, 0.25) is 0 Å². The molecule has 4 heterocycles. The Morgan fingerprint density at radius 2 is 2.00 bits per heavy atom. The van der Waals surface area contributed by atoms with Gasteiger partial charge in [0.05, 0.1) is 6.04 Å². The van der Waals surface area contributed by atoms with E-state index in [0.717, 1.165) is 59.8 Å². The van der Waals surface area contributed by atoms with Crippen LogP contribution in [0.3, 0.4) is 0 Å². The third-order valence-corrected chi connectivity index (χ3v) is 4.42. The number of rotatable bonds is 3. The maximum absolute atomic E-state index is 4.81. The molecule has 1 atom stereocenters. The van der Waals surface area contributed by atoms with E-state index < -0.39 is 0 Å². The van der Waals surface area contributed by atoms with Crippen molar-refractivity contribution in [3.8, 4) is 11.5 Å². The highest BCUT2D eigenvalue weighted by atomic mass is 15.3. The molecule has 4 rings (SSSR count). The van der Waals surface area contributed by atoms with Gasteiger partial charge in [-0.05, 0) is 45.7 Å². The number of hydrogen-bond donors (Lipinski definition) is 1. The Kier molecular flexibility index (Phi) is 3.91. The lowest BCUT2D eigenvalue weighted by Gasteiger charge is -2.25. The van der Waals surface area contributed by atoms with Gasteiger partial charge in [-0.3, -0.25) is 0 Å². The molecule has 1 saturated heterocycles. The number of aromatic amines is 1. The van der Waals surface area contributed by atoms with Gasteiger partial charge >= 0.3 is 0 Å². The molecule has 7 nitrogen and oxygen atoms in total. The molecule has 1 N–H and O–H groups in total. The zero-order valence-corrected chi connectivity index (χ0v) is 14.7. The van der Waals surface area contributed by atoms with Gasteiger partial charge in [0.2, 0.25) is 0 Å². The summed E-state index contributed by atoms with van der Waals surface area (Å²) in [7, 11) is 0. The van der Waals surface area contributed by atoms with Crippen molar-refractivity contribution in [1.29, 1.82) is 0 Å². The average Bonchev–Trinajstić information content (AvgIpc) is 3.23. The first-order valence-corrected chi connectivity index (χ1v) is 8.54. The predicted octanol–water partition coefficient (Wildman–Crippen LogP) is 2.92. The van der Waals surface area contributed by atoms with E-state index in [2.05, 4.69) is 24.8 Å². The summed E-state index contributed by atoms with van der Waals surface area (Å²) in [6, 6.07) is 4.05. The molecule has 3 aromatic heterocycles. The van der Waals surface area contributed by atoms with Gasteiger partial charge in [0.1, 0.15) is 17.3 Å². The van der Waals surface area contributed by atoms with Gasteiger partial charge in [0.15, 0.2) is 11.6 Å². The molecular formula is C18H21N7. The van der Waals surface area contributed by atoms with Crippen molar-refractivity contribution in [1.82, 2.24) is 29.9 Å². The number of nitrogens with one attached hydrogen (secondary N) is 1. The standard InChI is InChI=1S/C18H21N7/c1-11-9-14(17-20-10-12(2)22-17)24-18(21-11)15-5-4-8-25(15)16-6-7-19-13(3)23-16/h6-7,9-10,15H,4-5,8H2,1-3H3,(H,20,22)/t15-/m0/s1. The first kappa shape index (κ1) is 15.7. The quantitative estimate of drug-likeness (QED) is 0.792. The van der Waals surface area contributed by atoms with Crippen molar-refractivity contribution in [2.45, 2.75) is 39.7 Å². The van der Waals surface area contributed by atoms with E-state index in [9.17, 15) is 0 Å². The molecule has 1 fully saturated rings. The first-order valence-electron chi connectivity index (χ1n) is 8.54. The smallest absolute Gasteiger partial charge is 0.156 e. The first-order chi connectivity index (χ1) is 12.1. The Morgan fingerprint density at radius 1 is 1.12 bits per heavy atom. The molecule has 0 amide bonds. The number of hydrogen-bond acceptors (Lipinski definition) is 6. The van der Waals surface area contributed by atoms with Crippen LogP contribution in [0.1, 0.15) is 41.9 Å². The van der Waals surface area contributed by atoms with E-state index >= 15 is 0 Å². The molecule has 0 unspecified atom stereocenters. The fourth-order valence-electron chi connectivity index (χ4n) is 3.32. The monoisotopic (exact) mass is 335 g/mol. The number of aromatic nitrogens is 6. The largest absolute Gasteiger partial charge is 0.346 e. The van der Waals surface area contributed by atoms with Crippen molar-refractivity contribution in [3.63, 3.8) is 0 Å². The minimum atomic E-state index is 0.129. The lowest BCUT2D eigenvalue weighted by molar-refractivity contribution is 0.656. The highest BCUT2D eigenvalue weighted by Gasteiger charge is 2.30. The zero-order valence-electron chi connectivity index (χ0n) is 14.7. The number of aryl methyl sites for hydroxylation is 3. The predicted molar refractivity (Wildman–Crippen MR) is 95.2 cm³/mol. The van der Waals surface area contributed by atoms with E-state index in [1.165, 1.54) is 0 Å². The second-order valence-electron chi connectivity index (χ2n) is 6.48. The van der Waals surface area contributed by atoms with Crippen molar-refractivity contribution in [3.05, 3.63) is 47.6 Å².